The average molecular weight is 284 g/mol. The summed E-state index contributed by atoms with van der Waals surface area (Å²) >= 11 is 12.0. The summed E-state index contributed by atoms with van der Waals surface area (Å²) in [6.07, 6.45) is 0. The highest BCUT2D eigenvalue weighted by Crippen LogP contribution is 2.23. The summed E-state index contributed by atoms with van der Waals surface area (Å²) in [6.45, 7) is 2.54. The molecule has 2 aromatic rings. The van der Waals surface area contributed by atoms with Gasteiger partial charge in [0.05, 0.1) is 10.7 Å². The summed E-state index contributed by atoms with van der Waals surface area (Å²) in [6, 6.07) is 10.1. The fourth-order valence-corrected chi connectivity index (χ4v) is 2.01. The van der Waals surface area contributed by atoms with Crippen molar-refractivity contribution in [3.05, 3.63) is 63.4 Å². The first-order valence-corrected chi connectivity index (χ1v) is 6.26. The lowest BCUT2D eigenvalue weighted by Gasteiger charge is -2.09. The zero-order chi connectivity index (χ0) is 13.1. The van der Waals surface area contributed by atoms with Gasteiger partial charge in [-0.3, -0.25) is 0 Å². The van der Waals surface area contributed by atoms with Crippen LogP contribution in [-0.2, 0) is 6.54 Å². The number of halogens is 3. The van der Waals surface area contributed by atoms with Crippen molar-refractivity contribution in [2.24, 2.45) is 0 Å². The molecule has 0 fully saturated rings. The molecule has 0 amide bonds. The van der Waals surface area contributed by atoms with Crippen LogP contribution in [0.15, 0.2) is 36.4 Å². The van der Waals surface area contributed by atoms with Crippen LogP contribution >= 0.6 is 23.2 Å². The van der Waals surface area contributed by atoms with Crippen LogP contribution in [0.4, 0.5) is 10.1 Å². The molecule has 0 saturated carbocycles. The molecule has 0 aliphatic heterocycles. The molecule has 0 bridgehead atoms. The number of anilines is 1. The van der Waals surface area contributed by atoms with Crippen LogP contribution in [0.5, 0.6) is 0 Å². The first kappa shape index (κ1) is 13.2. The van der Waals surface area contributed by atoms with Gasteiger partial charge < -0.3 is 5.32 Å². The quantitative estimate of drug-likeness (QED) is 0.831. The van der Waals surface area contributed by atoms with Crippen LogP contribution in [-0.4, -0.2) is 0 Å². The van der Waals surface area contributed by atoms with Gasteiger partial charge in [-0.25, -0.2) is 4.39 Å². The second-order valence-corrected chi connectivity index (χ2v) is 4.88. The number of aryl methyl sites for hydroxylation is 1. The molecule has 0 aliphatic carbocycles. The molecule has 0 unspecified atom stereocenters. The molecule has 0 radical (unpaired) electrons. The van der Waals surface area contributed by atoms with Crippen molar-refractivity contribution < 1.29 is 4.39 Å². The minimum absolute atomic E-state index is 0.344. The molecule has 2 aromatic carbocycles. The van der Waals surface area contributed by atoms with Crippen molar-refractivity contribution in [3.8, 4) is 0 Å². The van der Waals surface area contributed by atoms with E-state index in [1.165, 1.54) is 12.1 Å². The Bertz CT molecular complexity index is 570. The summed E-state index contributed by atoms with van der Waals surface area (Å²) in [5.74, 6) is -0.344. The second kappa shape index (κ2) is 5.59. The lowest BCUT2D eigenvalue weighted by atomic mass is 10.1. The maximum absolute atomic E-state index is 12.9. The number of hydrogen-bond acceptors (Lipinski definition) is 1. The van der Waals surface area contributed by atoms with Crippen LogP contribution in [0.25, 0.3) is 0 Å². The van der Waals surface area contributed by atoms with Crippen molar-refractivity contribution in [2.45, 2.75) is 13.5 Å². The zero-order valence-electron chi connectivity index (χ0n) is 9.81. The highest BCUT2D eigenvalue weighted by atomic mass is 35.5. The van der Waals surface area contributed by atoms with Crippen molar-refractivity contribution in [3.63, 3.8) is 0 Å². The van der Waals surface area contributed by atoms with Gasteiger partial charge in [-0.1, -0.05) is 35.3 Å². The Kier molecular flexibility index (Phi) is 4.10. The van der Waals surface area contributed by atoms with Crippen molar-refractivity contribution in [1.82, 2.24) is 0 Å². The third-order valence-electron chi connectivity index (χ3n) is 2.65. The first-order valence-electron chi connectivity index (χ1n) is 5.50. The van der Waals surface area contributed by atoms with Crippen LogP contribution in [0.1, 0.15) is 11.1 Å². The van der Waals surface area contributed by atoms with E-state index in [0.717, 1.165) is 16.1 Å². The molecule has 0 heterocycles. The third kappa shape index (κ3) is 3.15. The topological polar surface area (TPSA) is 12.0 Å². The molecule has 18 heavy (non-hydrogen) atoms. The third-order valence-corrected chi connectivity index (χ3v) is 3.37. The molecule has 0 atom stereocenters. The van der Waals surface area contributed by atoms with Gasteiger partial charge in [0.15, 0.2) is 0 Å². The SMILES string of the molecule is Cc1ccc(CNc2ccc(F)cc2Cl)cc1Cl. The van der Waals surface area contributed by atoms with E-state index < -0.39 is 0 Å². The zero-order valence-corrected chi connectivity index (χ0v) is 11.3. The molecule has 1 nitrogen and oxygen atoms in total. The van der Waals surface area contributed by atoms with E-state index in [9.17, 15) is 4.39 Å². The molecule has 0 aliphatic rings. The molecule has 0 aromatic heterocycles. The van der Waals surface area contributed by atoms with Crippen LogP contribution in [0.3, 0.4) is 0 Å². The summed E-state index contributed by atoms with van der Waals surface area (Å²) in [5.41, 5.74) is 2.79. The lowest BCUT2D eigenvalue weighted by molar-refractivity contribution is 0.628. The largest absolute Gasteiger partial charge is 0.380 e. The maximum atomic E-state index is 12.9. The Morgan fingerprint density at radius 2 is 1.83 bits per heavy atom. The highest BCUT2D eigenvalue weighted by molar-refractivity contribution is 6.33. The van der Waals surface area contributed by atoms with E-state index >= 15 is 0 Å². The van der Waals surface area contributed by atoms with Crippen molar-refractivity contribution in [2.75, 3.05) is 5.32 Å². The van der Waals surface area contributed by atoms with Gasteiger partial charge in [-0.15, -0.1) is 0 Å². The van der Waals surface area contributed by atoms with E-state index in [2.05, 4.69) is 5.32 Å². The highest BCUT2D eigenvalue weighted by Gasteiger charge is 2.02. The fourth-order valence-electron chi connectivity index (χ4n) is 1.58. The lowest BCUT2D eigenvalue weighted by Crippen LogP contribution is -2.00. The predicted molar refractivity (Wildman–Crippen MR) is 74.9 cm³/mol. The van der Waals surface area contributed by atoms with E-state index in [4.69, 9.17) is 23.2 Å². The first-order chi connectivity index (χ1) is 8.56. The smallest absolute Gasteiger partial charge is 0.124 e. The van der Waals surface area contributed by atoms with Crippen molar-refractivity contribution in [1.29, 1.82) is 0 Å². The van der Waals surface area contributed by atoms with Crippen LogP contribution < -0.4 is 5.32 Å². The molecule has 0 spiro atoms. The Balaban J connectivity index is 2.09. The number of hydrogen-bond donors (Lipinski definition) is 1. The second-order valence-electron chi connectivity index (χ2n) is 4.06. The Hall–Kier alpha value is -1.25. The molecular formula is C14H12Cl2FN. The summed E-state index contributed by atoms with van der Waals surface area (Å²) in [4.78, 5) is 0. The number of nitrogens with one attached hydrogen (secondary N) is 1. The monoisotopic (exact) mass is 283 g/mol. The summed E-state index contributed by atoms with van der Waals surface area (Å²) in [5, 5.41) is 4.25. The molecular weight excluding hydrogens is 272 g/mol. The van der Waals surface area contributed by atoms with Gasteiger partial charge >= 0.3 is 0 Å². The fraction of sp³-hybridized carbons (Fsp3) is 0.143. The van der Waals surface area contributed by atoms with E-state index in [1.807, 2.05) is 25.1 Å². The Morgan fingerprint density at radius 1 is 1.06 bits per heavy atom. The molecule has 4 heteroatoms. The Labute approximate surface area is 116 Å². The van der Waals surface area contributed by atoms with E-state index in [1.54, 1.807) is 6.07 Å². The minimum atomic E-state index is -0.344. The van der Waals surface area contributed by atoms with Crippen molar-refractivity contribution >= 4 is 28.9 Å². The van der Waals surface area contributed by atoms with E-state index in [-0.39, 0.29) is 5.82 Å². The Morgan fingerprint density at radius 3 is 2.50 bits per heavy atom. The van der Waals surface area contributed by atoms with Crippen LogP contribution in [0, 0.1) is 12.7 Å². The number of benzene rings is 2. The summed E-state index contributed by atoms with van der Waals surface area (Å²) < 4.78 is 12.9. The normalized spacial score (nSPS) is 10.4. The maximum Gasteiger partial charge on any atom is 0.124 e. The number of rotatable bonds is 3. The van der Waals surface area contributed by atoms with E-state index in [0.29, 0.717) is 17.3 Å². The van der Waals surface area contributed by atoms with Gasteiger partial charge in [0, 0.05) is 11.6 Å². The molecule has 94 valence electrons. The van der Waals surface area contributed by atoms with Gasteiger partial charge in [-0.2, -0.15) is 0 Å². The van der Waals surface area contributed by atoms with Gasteiger partial charge in [0.1, 0.15) is 5.82 Å². The average Bonchev–Trinajstić information content (AvgIpc) is 2.32. The van der Waals surface area contributed by atoms with Gasteiger partial charge in [-0.05, 0) is 42.3 Å². The molecule has 0 saturated heterocycles. The minimum Gasteiger partial charge on any atom is -0.380 e. The predicted octanol–water partition coefficient (Wildman–Crippen LogP) is 5.05. The van der Waals surface area contributed by atoms with Gasteiger partial charge in [0.2, 0.25) is 0 Å². The molecule has 2 rings (SSSR count). The standard InChI is InChI=1S/C14H12Cl2FN/c1-9-2-3-10(6-12(9)15)8-18-14-5-4-11(17)7-13(14)16/h2-7,18H,8H2,1H3. The van der Waals surface area contributed by atoms with Gasteiger partial charge in [0.25, 0.3) is 0 Å². The van der Waals surface area contributed by atoms with Crippen LogP contribution in [0.2, 0.25) is 10.0 Å². The molecule has 1 N–H and O–H groups in total. The summed E-state index contributed by atoms with van der Waals surface area (Å²) in [7, 11) is 0.